The third-order valence-corrected chi connectivity index (χ3v) is 5.18. The van der Waals surface area contributed by atoms with Crippen molar-refractivity contribution in [3.05, 3.63) is 35.0 Å². The fourth-order valence-electron chi connectivity index (χ4n) is 1.31. The zero-order valence-corrected chi connectivity index (χ0v) is 9.14. The molecule has 0 unspecified atom stereocenters. The molecule has 0 aliphatic heterocycles. The van der Waals surface area contributed by atoms with Crippen LogP contribution in [0.5, 0.6) is 0 Å². The van der Waals surface area contributed by atoms with Gasteiger partial charge in [-0.05, 0) is 29.0 Å². The summed E-state index contributed by atoms with van der Waals surface area (Å²) in [5.41, 5.74) is 0. The first-order valence-corrected chi connectivity index (χ1v) is 6.52. The lowest BCUT2D eigenvalue weighted by molar-refractivity contribution is 1.96. The summed E-state index contributed by atoms with van der Waals surface area (Å²) in [5, 5.41) is 5.67. The van der Waals surface area contributed by atoms with Crippen molar-refractivity contribution in [2.75, 3.05) is 0 Å². The maximum absolute atomic E-state index is 2.28. The van der Waals surface area contributed by atoms with Crippen LogP contribution in [0.1, 0.15) is 0 Å². The van der Waals surface area contributed by atoms with Crippen LogP contribution in [0.2, 0.25) is 0 Å². The lowest BCUT2D eigenvalue weighted by Gasteiger charge is -1.85. The Bertz CT molecular complexity index is 485. The summed E-state index contributed by atoms with van der Waals surface area (Å²) >= 11 is 5.53. The minimum absolute atomic E-state index is 1.38. The Labute approximate surface area is 88.1 Å². The smallest absolute Gasteiger partial charge is 0.0871 e. The molecule has 0 atom stereocenters. The molecule has 0 aliphatic rings. The molecule has 0 radical (unpaired) electrons. The SMILES string of the molecule is c1csc(-c2cc3ccsc3s2)c1. The molecule has 0 spiro atoms. The summed E-state index contributed by atoms with van der Waals surface area (Å²) in [6, 6.07) is 8.75. The van der Waals surface area contributed by atoms with Crippen LogP contribution in [0.15, 0.2) is 35.0 Å². The second-order valence-electron chi connectivity index (χ2n) is 2.75. The van der Waals surface area contributed by atoms with Crippen LogP contribution in [0.3, 0.4) is 0 Å². The van der Waals surface area contributed by atoms with Crippen LogP contribution >= 0.6 is 34.0 Å². The van der Waals surface area contributed by atoms with E-state index in [0.29, 0.717) is 0 Å². The second-order valence-corrected chi connectivity index (χ2v) is 5.93. The van der Waals surface area contributed by atoms with Gasteiger partial charge in [0.15, 0.2) is 0 Å². The van der Waals surface area contributed by atoms with Crippen molar-refractivity contribution in [1.29, 1.82) is 0 Å². The molecule has 0 bridgehead atoms. The van der Waals surface area contributed by atoms with Crippen molar-refractivity contribution in [1.82, 2.24) is 0 Å². The van der Waals surface area contributed by atoms with E-state index < -0.39 is 0 Å². The summed E-state index contributed by atoms with van der Waals surface area (Å²) in [4.78, 5) is 2.78. The maximum atomic E-state index is 2.28. The molecular formula is C10H6S3. The van der Waals surface area contributed by atoms with Gasteiger partial charge in [0.05, 0.1) is 4.01 Å². The monoisotopic (exact) mass is 222 g/mol. The molecule has 0 amide bonds. The van der Waals surface area contributed by atoms with E-state index in [-0.39, 0.29) is 0 Å². The van der Waals surface area contributed by atoms with E-state index in [1.165, 1.54) is 19.2 Å². The fraction of sp³-hybridized carbons (Fsp3) is 0. The Morgan fingerprint density at radius 3 is 2.69 bits per heavy atom. The Kier molecular flexibility index (Phi) is 1.75. The molecule has 0 fully saturated rings. The van der Waals surface area contributed by atoms with E-state index in [4.69, 9.17) is 0 Å². The van der Waals surface area contributed by atoms with Gasteiger partial charge in [0.1, 0.15) is 0 Å². The van der Waals surface area contributed by atoms with Crippen molar-refractivity contribution in [3.8, 4) is 9.75 Å². The van der Waals surface area contributed by atoms with Crippen molar-refractivity contribution < 1.29 is 0 Å². The molecule has 64 valence electrons. The molecule has 3 heteroatoms. The van der Waals surface area contributed by atoms with Crippen molar-refractivity contribution >= 4 is 43.4 Å². The molecule has 0 aliphatic carbocycles. The molecule has 3 aromatic heterocycles. The molecule has 0 N–H and O–H groups in total. The molecule has 0 nitrogen and oxygen atoms in total. The van der Waals surface area contributed by atoms with Crippen LogP contribution in [-0.2, 0) is 0 Å². The summed E-state index contributed by atoms with van der Waals surface area (Å²) < 4.78 is 1.43. The third kappa shape index (κ3) is 1.24. The minimum Gasteiger partial charge on any atom is -0.143 e. The van der Waals surface area contributed by atoms with Crippen molar-refractivity contribution in [3.63, 3.8) is 0 Å². The second kappa shape index (κ2) is 2.94. The molecule has 3 rings (SSSR count). The Balaban J connectivity index is 2.23. The summed E-state index contributed by atoms with van der Waals surface area (Å²) in [6.07, 6.45) is 0. The minimum atomic E-state index is 1.38. The van der Waals surface area contributed by atoms with Crippen molar-refractivity contribution in [2.24, 2.45) is 0 Å². The third-order valence-electron chi connectivity index (χ3n) is 1.91. The normalized spacial score (nSPS) is 11.1. The van der Waals surface area contributed by atoms with E-state index in [0.717, 1.165) is 0 Å². The van der Waals surface area contributed by atoms with Gasteiger partial charge in [-0.2, -0.15) is 0 Å². The van der Waals surface area contributed by atoms with Gasteiger partial charge in [-0.3, -0.25) is 0 Å². The molecule has 0 saturated heterocycles. The lowest BCUT2D eigenvalue weighted by atomic mass is 10.3. The number of fused-ring (bicyclic) bond motifs is 1. The highest BCUT2D eigenvalue weighted by atomic mass is 32.2. The highest BCUT2D eigenvalue weighted by Crippen LogP contribution is 2.38. The van der Waals surface area contributed by atoms with Gasteiger partial charge >= 0.3 is 0 Å². The van der Waals surface area contributed by atoms with Gasteiger partial charge in [-0.15, -0.1) is 34.0 Å². The molecule has 3 heterocycles. The fourth-order valence-corrected chi connectivity index (χ4v) is 4.24. The Morgan fingerprint density at radius 2 is 1.92 bits per heavy atom. The van der Waals surface area contributed by atoms with E-state index in [2.05, 4.69) is 35.0 Å². The number of thiophene rings is 3. The van der Waals surface area contributed by atoms with Crippen LogP contribution < -0.4 is 0 Å². The molecule has 3 aromatic rings. The van der Waals surface area contributed by atoms with Crippen LogP contribution in [0, 0.1) is 0 Å². The largest absolute Gasteiger partial charge is 0.143 e. The number of hydrogen-bond acceptors (Lipinski definition) is 3. The first kappa shape index (κ1) is 7.74. The van der Waals surface area contributed by atoms with Crippen LogP contribution in [0.4, 0.5) is 0 Å². The number of rotatable bonds is 1. The quantitative estimate of drug-likeness (QED) is 0.560. The van der Waals surface area contributed by atoms with Crippen molar-refractivity contribution in [2.45, 2.75) is 0 Å². The highest BCUT2D eigenvalue weighted by molar-refractivity contribution is 7.39. The van der Waals surface area contributed by atoms with Crippen LogP contribution in [-0.4, -0.2) is 0 Å². The highest BCUT2D eigenvalue weighted by Gasteiger charge is 2.04. The first-order valence-electron chi connectivity index (χ1n) is 3.94. The van der Waals surface area contributed by atoms with Gasteiger partial charge < -0.3 is 0 Å². The van der Waals surface area contributed by atoms with E-state index in [1.807, 2.05) is 34.0 Å². The molecule has 0 saturated carbocycles. The van der Waals surface area contributed by atoms with E-state index in [1.54, 1.807) is 0 Å². The maximum Gasteiger partial charge on any atom is 0.0871 e. The van der Waals surface area contributed by atoms with E-state index in [9.17, 15) is 0 Å². The summed E-state index contributed by atoms with van der Waals surface area (Å²) in [6.45, 7) is 0. The van der Waals surface area contributed by atoms with Gasteiger partial charge in [-0.1, -0.05) is 6.07 Å². The average Bonchev–Trinajstić information content (AvgIpc) is 2.78. The van der Waals surface area contributed by atoms with Gasteiger partial charge in [0.2, 0.25) is 0 Å². The zero-order chi connectivity index (χ0) is 8.67. The molecule has 0 aromatic carbocycles. The first-order chi connectivity index (χ1) is 6.43. The van der Waals surface area contributed by atoms with Gasteiger partial charge in [0, 0.05) is 15.1 Å². The lowest BCUT2D eigenvalue weighted by Crippen LogP contribution is -1.56. The Hall–Kier alpha value is -0.640. The predicted octanol–water partition coefficient (Wildman–Crippen LogP) is 4.69. The predicted molar refractivity (Wildman–Crippen MR) is 63.0 cm³/mol. The van der Waals surface area contributed by atoms with E-state index >= 15 is 0 Å². The van der Waals surface area contributed by atoms with Crippen LogP contribution in [0.25, 0.3) is 19.2 Å². The Morgan fingerprint density at radius 1 is 0.923 bits per heavy atom. The summed E-state index contributed by atoms with van der Waals surface area (Å²) in [7, 11) is 0. The molecule has 13 heavy (non-hydrogen) atoms. The summed E-state index contributed by atoms with van der Waals surface area (Å²) in [5.74, 6) is 0. The zero-order valence-electron chi connectivity index (χ0n) is 6.69. The molecular weight excluding hydrogens is 216 g/mol. The van der Waals surface area contributed by atoms with Gasteiger partial charge in [-0.25, -0.2) is 0 Å². The average molecular weight is 222 g/mol. The van der Waals surface area contributed by atoms with Gasteiger partial charge in [0.25, 0.3) is 0 Å². The topological polar surface area (TPSA) is 0 Å². The standard InChI is InChI=1S/C10H6S3/c1-2-8(11-4-1)9-6-7-3-5-12-10(7)13-9/h1-6H. The number of hydrogen-bond donors (Lipinski definition) is 0.